The van der Waals surface area contributed by atoms with Crippen LogP contribution in [0.3, 0.4) is 0 Å². The van der Waals surface area contributed by atoms with Crippen molar-refractivity contribution in [3.8, 4) is 0 Å². The van der Waals surface area contributed by atoms with Crippen LogP contribution in [0.15, 0.2) is 147 Å². The highest BCUT2D eigenvalue weighted by Gasteiger charge is 2.51. The average Bonchev–Trinajstić information content (AvgIpc) is 3.12. The van der Waals surface area contributed by atoms with E-state index in [2.05, 4.69) is 152 Å². The largest absolute Gasteiger partial charge is 0.407 e. The number of benzene rings is 4. The highest BCUT2D eigenvalue weighted by atomic mass is 28.4. The van der Waals surface area contributed by atoms with Crippen molar-refractivity contribution in [3.05, 3.63) is 147 Å². The van der Waals surface area contributed by atoms with Crippen LogP contribution < -0.4 is 20.7 Å². The van der Waals surface area contributed by atoms with Gasteiger partial charge in [-0.15, -0.1) is 13.2 Å². The van der Waals surface area contributed by atoms with Gasteiger partial charge in [0.1, 0.15) is 0 Å². The summed E-state index contributed by atoms with van der Waals surface area (Å²) in [4.78, 5) is 0. The van der Waals surface area contributed by atoms with Crippen LogP contribution in [0, 0.1) is 11.8 Å². The second-order valence-electron chi connectivity index (χ2n) is 15.1. The fourth-order valence-electron chi connectivity index (χ4n) is 6.87. The minimum Gasteiger partial charge on any atom is -0.407 e. The first kappa shape index (κ1) is 41.1. The van der Waals surface area contributed by atoms with Gasteiger partial charge in [-0.1, -0.05) is 175 Å². The molecule has 0 aliphatic carbocycles. The molecule has 0 heterocycles. The zero-order valence-corrected chi connectivity index (χ0v) is 33.2. The van der Waals surface area contributed by atoms with Gasteiger partial charge in [-0.25, -0.2) is 0 Å². The lowest BCUT2D eigenvalue weighted by molar-refractivity contribution is 0.158. The lowest BCUT2D eigenvalue weighted by Gasteiger charge is -2.43. The van der Waals surface area contributed by atoms with E-state index < -0.39 is 16.6 Å². The second kappa shape index (κ2) is 19.3. The third-order valence-corrected chi connectivity index (χ3v) is 19.4. The highest BCUT2D eigenvalue weighted by molar-refractivity contribution is 7.00. The van der Waals surface area contributed by atoms with Gasteiger partial charge in [-0.3, -0.25) is 0 Å². The molecular formula is C44H60O4Si2. The van der Waals surface area contributed by atoms with Crippen molar-refractivity contribution in [1.82, 2.24) is 0 Å². The van der Waals surface area contributed by atoms with Crippen LogP contribution in [0.2, 0.25) is 10.1 Å². The van der Waals surface area contributed by atoms with Gasteiger partial charge >= 0.3 is 0 Å². The first-order chi connectivity index (χ1) is 23.9. The molecular weight excluding hydrogens is 649 g/mol. The fourth-order valence-corrected chi connectivity index (χ4v) is 16.2. The summed E-state index contributed by atoms with van der Waals surface area (Å²) < 4.78 is 13.6. The maximum Gasteiger partial charge on any atom is 0.261 e. The quantitative estimate of drug-likeness (QED) is 0.0936. The Bertz CT molecular complexity index is 1330. The van der Waals surface area contributed by atoms with Gasteiger partial charge in [0.05, 0.1) is 0 Å². The summed E-state index contributed by atoms with van der Waals surface area (Å²) in [5.74, 6) is 0.165. The van der Waals surface area contributed by atoms with Crippen LogP contribution >= 0.6 is 0 Å². The standard InChI is InChI=1S/2C22H30O2Si/c2*1-5-12-19(17-23)18-24-25(22(2,3)4,20-13-8-6-9-14-20)21-15-10-7-11-16-21/h2*5-11,13-16,19,23H,1,12,17-18H2,2-4H3/t2*19-/m10/s1. The molecule has 268 valence electrons. The summed E-state index contributed by atoms with van der Waals surface area (Å²) in [6.07, 6.45) is 5.23. The lowest BCUT2D eigenvalue weighted by atomic mass is 10.1. The van der Waals surface area contributed by atoms with Crippen LogP contribution in [-0.2, 0) is 8.85 Å². The van der Waals surface area contributed by atoms with E-state index in [0.717, 1.165) is 12.8 Å². The molecule has 0 saturated carbocycles. The molecule has 0 radical (unpaired) electrons. The van der Waals surface area contributed by atoms with Gasteiger partial charge < -0.3 is 19.1 Å². The third kappa shape index (κ3) is 9.90. The van der Waals surface area contributed by atoms with Gasteiger partial charge in [0, 0.05) is 38.3 Å². The molecule has 0 saturated heterocycles. The van der Waals surface area contributed by atoms with Gasteiger partial charge in [-0.2, -0.15) is 0 Å². The Morgan fingerprint density at radius 3 is 0.920 bits per heavy atom. The minimum absolute atomic E-state index is 0.0378. The molecule has 4 aromatic rings. The van der Waals surface area contributed by atoms with Crippen molar-refractivity contribution in [3.63, 3.8) is 0 Å². The summed E-state index contributed by atoms with van der Waals surface area (Å²) in [6.45, 7) is 22.5. The molecule has 0 aliphatic rings. The zero-order valence-electron chi connectivity index (χ0n) is 31.2. The molecule has 0 fully saturated rings. The van der Waals surface area contributed by atoms with E-state index in [0.29, 0.717) is 13.2 Å². The molecule has 4 aromatic carbocycles. The van der Waals surface area contributed by atoms with E-state index >= 15 is 0 Å². The summed E-state index contributed by atoms with van der Waals surface area (Å²) in [5, 5.41) is 24.4. The molecule has 0 spiro atoms. The highest BCUT2D eigenvalue weighted by Crippen LogP contribution is 2.38. The molecule has 6 heteroatoms. The summed E-state index contributed by atoms with van der Waals surface area (Å²) >= 11 is 0. The smallest absolute Gasteiger partial charge is 0.261 e. The van der Waals surface area contributed by atoms with Crippen molar-refractivity contribution < 1.29 is 19.1 Å². The Balaban J connectivity index is 0.000000270. The van der Waals surface area contributed by atoms with Crippen molar-refractivity contribution >= 4 is 37.4 Å². The van der Waals surface area contributed by atoms with Crippen molar-refractivity contribution in [1.29, 1.82) is 0 Å². The molecule has 4 rings (SSSR count). The molecule has 0 aromatic heterocycles. The molecule has 2 atom stereocenters. The molecule has 0 amide bonds. The SMILES string of the molecule is C=CC[C@@H](CO)CO[Si](c1ccccc1)(c1ccccc1)C(C)(C)C.C=CC[C@H](CO)CO[Si](c1ccccc1)(c1ccccc1)C(C)(C)C. The Labute approximate surface area is 304 Å². The Hall–Kier alpha value is -3.37. The van der Waals surface area contributed by atoms with Crippen molar-refractivity contribution in [2.24, 2.45) is 11.8 Å². The minimum atomic E-state index is -2.50. The predicted octanol–water partition coefficient (Wildman–Crippen LogP) is 7.50. The van der Waals surface area contributed by atoms with Crippen LogP contribution in [0.25, 0.3) is 0 Å². The monoisotopic (exact) mass is 708 g/mol. The average molecular weight is 709 g/mol. The van der Waals surface area contributed by atoms with Crippen LogP contribution in [0.4, 0.5) is 0 Å². The lowest BCUT2D eigenvalue weighted by Crippen LogP contribution is -2.67. The maximum atomic E-state index is 9.69. The van der Waals surface area contributed by atoms with E-state index in [9.17, 15) is 10.2 Å². The maximum absolute atomic E-state index is 9.69. The van der Waals surface area contributed by atoms with E-state index in [4.69, 9.17) is 8.85 Å². The number of allylic oxidation sites excluding steroid dienone is 2. The van der Waals surface area contributed by atoms with Gasteiger partial charge in [0.25, 0.3) is 16.6 Å². The molecule has 0 bridgehead atoms. The number of rotatable bonds is 16. The van der Waals surface area contributed by atoms with Crippen LogP contribution in [0.1, 0.15) is 54.4 Å². The number of hydrogen-bond donors (Lipinski definition) is 2. The molecule has 0 aliphatic heterocycles. The molecule has 4 nitrogen and oxygen atoms in total. The Kier molecular flexibility index (Phi) is 15.8. The van der Waals surface area contributed by atoms with Gasteiger partial charge in [0.2, 0.25) is 0 Å². The van der Waals surface area contributed by atoms with E-state index in [1.165, 1.54) is 20.7 Å². The van der Waals surface area contributed by atoms with Gasteiger partial charge in [-0.05, 0) is 43.7 Å². The number of aliphatic hydroxyl groups is 2. The van der Waals surface area contributed by atoms with Crippen molar-refractivity contribution in [2.45, 2.75) is 64.5 Å². The first-order valence-corrected chi connectivity index (χ1v) is 21.7. The zero-order chi connectivity index (χ0) is 36.7. The number of hydrogen-bond acceptors (Lipinski definition) is 4. The summed E-state index contributed by atoms with van der Waals surface area (Å²) in [7, 11) is -5.01. The van der Waals surface area contributed by atoms with E-state index in [-0.39, 0.29) is 35.1 Å². The molecule has 2 N–H and O–H groups in total. The van der Waals surface area contributed by atoms with E-state index in [1.54, 1.807) is 0 Å². The molecule has 50 heavy (non-hydrogen) atoms. The first-order valence-electron chi connectivity index (χ1n) is 17.8. The van der Waals surface area contributed by atoms with E-state index in [1.807, 2.05) is 36.4 Å². The van der Waals surface area contributed by atoms with Gasteiger partial charge in [0.15, 0.2) is 0 Å². The van der Waals surface area contributed by atoms with Crippen LogP contribution in [0.5, 0.6) is 0 Å². The topological polar surface area (TPSA) is 58.9 Å². The predicted molar refractivity (Wildman–Crippen MR) is 218 cm³/mol. The third-order valence-electron chi connectivity index (χ3n) is 9.42. The fraction of sp³-hybridized carbons (Fsp3) is 0.364. The summed E-state index contributed by atoms with van der Waals surface area (Å²) in [6, 6.07) is 42.4. The Morgan fingerprint density at radius 1 is 0.500 bits per heavy atom. The normalized spacial score (nSPS) is 13.4. The summed E-state index contributed by atoms with van der Waals surface area (Å²) in [5.41, 5.74) is 0. The van der Waals surface area contributed by atoms with Crippen LogP contribution in [-0.4, -0.2) is 53.3 Å². The van der Waals surface area contributed by atoms with Crippen molar-refractivity contribution in [2.75, 3.05) is 26.4 Å². The Morgan fingerprint density at radius 2 is 0.740 bits per heavy atom. The molecule has 0 unspecified atom stereocenters. The second-order valence-corrected chi connectivity index (χ2v) is 23.7. The number of aliphatic hydroxyl groups excluding tert-OH is 2.